The van der Waals surface area contributed by atoms with Gasteiger partial charge in [0.25, 0.3) is 0 Å². The van der Waals surface area contributed by atoms with Crippen molar-refractivity contribution in [2.75, 3.05) is 13.7 Å². The van der Waals surface area contributed by atoms with E-state index in [0.717, 1.165) is 6.42 Å². The van der Waals surface area contributed by atoms with E-state index in [9.17, 15) is 15.0 Å². The van der Waals surface area contributed by atoms with Crippen LogP contribution in [0.3, 0.4) is 0 Å². The first-order valence-corrected chi connectivity index (χ1v) is 9.73. The fraction of sp³-hybridized carbons (Fsp3) is 0.160. The van der Waals surface area contributed by atoms with Gasteiger partial charge in [-0.3, -0.25) is 0 Å². The van der Waals surface area contributed by atoms with E-state index in [-0.39, 0.29) is 11.5 Å². The Morgan fingerprint density at radius 1 is 0.935 bits per heavy atom. The first-order chi connectivity index (χ1) is 14.9. The fourth-order valence-corrected chi connectivity index (χ4v) is 2.82. The van der Waals surface area contributed by atoms with Crippen LogP contribution in [0.5, 0.6) is 28.7 Å². The number of hydrogen-bond acceptors (Lipinski definition) is 6. The Bertz CT molecular complexity index is 1070. The number of hydrogen-bond donors (Lipinski definition) is 2. The highest BCUT2D eigenvalue weighted by Gasteiger charge is 2.09. The van der Waals surface area contributed by atoms with Gasteiger partial charge in [-0.25, -0.2) is 4.79 Å². The zero-order valence-corrected chi connectivity index (χ0v) is 17.4. The van der Waals surface area contributed by atoms with Crippen LogP contribution >= 0.6 is 0 Å². The van der Waals surface area contributed by atoms with Crippen LogP contribution in [0.15, 0.2) is 66.7 Å². The largest absolute Gasteiger partial charge is 0.504 e. The van der Waals surface area contributed by atoms with Crippen molar-refractivity contribution in [3.8, 4) is 28.7 Å². The highest BCUT2D eigenvalue weighted by Crippen LogP contribution is 2.31. The first kappa shape index (κ1) is 21.8. The maximum Gasteiger partial charge on any atom is 0.336 e. The number of benzene rings is 3. The lowest BCUT2D eigenvalue weighted by atomic mass is 10.1. The molecule has 0 aromatic heterocycles. The number of aromatic hydroxyl groups is 2. The number of esters is 1. The Morgan fingerprint density at radius 3 is 2.42 bits per heavy atom. The van der Waals surface area contributed by atoms with Crippen molar-refractivity contribution in [1.29, 1.82) is 0 Å². The molecule has 3 aromatic carbocycles. The lowest BCUT2D eigenvalue weighted by Crippen LogP contribution is -2.05. The van der Waals surface area contributed by atoms with Crippen molar-refractivity contribution in [3.05, 3.63) is 83.4 Å². The summed E-state index contributed by atoms with van der Waals surface area (Å²) in [5.74, 6) is 0.242. The number of ether oxygens (including phenoxy) is 3. The van der Waals surface area contributed by atoms with E-state index in [0.29, 0.717) is 29.4 Å². The second kappa shape index (κ2) is 10.2. The number of rotatable bonds is 8. The molecule has 6 nitrogen and oxygen atoms in total. The van der Waals surface area contributed by atoms with E-state index in [1.54, 1.807) is 24.3 Å². The third-order valence-electron chi connectivity index (χ3n) is 4.53. The van der Waals surface area contributed by atoms with Crippen LogP contribution in [-0.4, -0.2) is 29.9 Å². The minimum absolute atomic E-state index is 0.229. The summed E-state index contributed by atoms with van der Waals surface area (Å²) in [5.41, 5.74) is 2.94. The molecule has 0 spiro atoms. The number of carbonyl (C=O) groups excluding carboxylic acids is 1. The van der Waals surface area contributed by atoms with Crippen LogP contribution in [0.1, 0.15) is 16.7 Å². The number of phenols is 2. The van der Waals surface area contributed by atoms with Gasteiger partial charge in [0.2, 0.25) is 0 Å². The molecule has 3 rings (SSSR count). The first-order valence-electron chi connectivity index (χ1n) is 9.73. The van der Waals surface area contributed by atoms with Crippen molar-refractivity contribution in [2.24, 2.45) is 0 Å². The summed E-state index contributed by atoms with van der Waals surface area (Å²) in [4.78, 5) is 12.1. The summed E-state index contributed by atoms with van der Waals surface area (Å²) in [6.07, 6.45) is 3.46. The highest BCUT2D eigenvalue weighted by molar-refractivity contribution is 5.88. The van der Waals surface area contributed by atoms with Crippen molar-refractivity contribution in [2.45, 2.75) is 13.3 Å². The summed E-state index contributed by atoms with van der Waals surface area (Å²) in [6.45, 7) is 2.54. The van der Waals surface area contributed by atoms with E-state index in [1.165, 1.54) is 42.5 Å². The average molecular weight is 420 g/mol. The van der Waals surface area contributed by atoms with Crippen LogP contribution in [0, 0.1) is 6.92 Å². The molecule has 0 saturated heterocycles. The molecule has 0 heterocycles. The van der Waals surface area contributed by atoms with Crippen LogP contribution < -0.4 is 14.2 Å². The predicted octanol–water partition coefficient (Wildman–Crippen LogP) is 4.66. The maximum atomic E-state index is 12.1. The Labute approximate surface area is 181 Å². The minimum Gasteiger partial charge on any atom is -0.504 e. The van der Waals surface area contributed by atoms with E-state index in [2.05, 4.69) is 24.3 Å². The summed E-state index contributed by atoms with van der Waals surface area (Å²) in [5, 5.41) is 18.8. The predicted molar refractivity (Wildman–Crippen MR) is 118 cm³/mol. The maximum absolute atomic E-state index is 12.1. The summed E-state index contributed by atoms with van der Waals surface area (Å²) in [7, 11) is 1.52. The molecule has 0 amide bonds. The number of phenolic OH excluding ortho intramolecular Hbond substituents is 2. The fourth-order valence-electron chi connectivity index (χ4n) is 2.82. The van der Waals surface area contributed by atoms with Gasteiger partial charge >= 0.3 is 5.97 Å². The van der Waals surface area contributed by atoms with Gasteiger partial charge in [0, 0.05) is 18.6 Å². The molecule has 0 aliphatic heterocycles. The molecule has 160 valence electrons. The Morgan fingerprint density at radius 2 is 1.71 bits per heavy atom. The second-order valence-corrected chi connectivity index (χ2v) is 6.90. The zero-order valence-electron chi connectivity index (χ0n) is 17.4. The molecule has 0 aliphatic carbocycles. The summed E-state index contributed by atoms with van der Waals surface area (Å²) >= 11 is 0. The smallest absolute Gasteiger partial charge is 0.336 e. The molecule has 0 fully saturated rings. The highest BCUT2D eigenvalue weighted by atomic mass is 16.5. The van der Waals surface area contributed by atoms with Gasteiger partial charge in [0.15, 0.2) is 23.0 Å². The monoisotopic (exact) mass is 420 g/mol. The van der Waals surface area contributed by atoms with Crippen LogP contribution in [-0.2, 0) is 11.2 Å². The molecule has 0 unspecified atom stereocenters. The number of carbonyl (C=O) groups is 1. The van der Waals surface area contributed by atoms with Crippen LogP contribution in [0.2, 0.25) is 0 Å². The van der Waals surface area contributed by atoms with Crippen molar-refractivity contribution < 1.29 is 29.2 Å². The normalized spacial score (nSPS) is 10.8. The van der Waals surface area contributed by atoms with E-state index < -0.39 is 5.97 Å². The second-order valence-electron chi connectivity index (χ2n) is 6.90. The Kier molecular flexibility index (Phi) is 7.17. The lowest BCUT2D eigenvalue weighted by Gasteiger charge is -2.12. The molecule has 0 atom stereocenters. The topological polar surface area (TPSA) is 85.2 Å². The van der Waals surface area contributed by atoms with Gasteiger partial charge in [-0.1, -0.05) is 35.9 Å². The SMILES string of the molecule is COc1cc(OC(=O)/C=C/c2ccc(O)c(O)c2)ccc1OCCc1ccc(C)cc1. The number of methoxy groups -OCH3 is 1. The Hall–Kier alpha value is -3.93. The van der Waals surface area contributed by atoms with E-state index in [1.807, 2.05) is 6.92 Å². The molecule has 0 radical (unpaired) electrons. The molecule has 3 aromatic rings. The average Bonchev–Trinajstić information content (AvgIpc) is 2.76. The number of aryl methyl sites for hydroxylation is 1. The minimum atomic E-state index is -0.595. The Balaban J connectivity index is 1.58. The molecule has 0 aliphatic rings. The van der Waals surface area contributed by atoms with Crippen LogP contribution in [0.25, 0.3) is 6.08 Å². The van der Waals surface area contributed by atoms with E-state index in [4.69, 9.17) is 14.2 Å². The summed E-state index contributed by atoms with van der Waals surface area (Å²) in [6, 6.07) is 17.4. The molecule has 0 bridgehead atoms. The molecular weight excluding hydrogens is 396 g/mol. The van der Waals surface area contributed by atoms with Gasteiger partial charge in [0.1, 0.15) is 5.75 Å². The van der Waals surface area contributed by atoms with Gasteiger partial charge in [-0.2, -0.15) is 0 Å². The molecular formula is C25H24O6. The van der Waals surface area contributed by atoms with Gasteiger partial charge in [0.05, 0.1) is 13.7 Å². The molecule has 6 heteroatoms. The molecule has 0 saturated carbocycles. The quantitative estimate of drug-likeness (QED) is 0.239. The summed E-state index contributed by atoms with van der Waals surface area (Å²) < 4.78 is 16.5. The van der Waals surface area contributed by atoms with Crippen LogP contribution in [0.4, 0.5) is 0 Å². The van der Waals surface area contributed by atoms with Crippen molar-refractivity contribution in [3.63, 3.8) is 0 Å². The third-order valence-corrected chi connectivity index (χ3v) is 4.53. The van der Waals surface area contributed by atoms with E-state index >= 15 is 0 Å². The van der Waals surface area contributed by atoms with Crippen molar-refractivity contribution in [1.82, 2.24) is 0 Å². The van der Waals surface area contributed by atoms with Crippen molar-refractivity contribution >= 4 is 12.0 Å². The van der Waals surface area contributed by atoms with Gasteiger partial charge in [-0.05, 0) is 48.4 Å². The van der Waals surface area contributed by atoms with Gasteiger partial charge in [-0.15, -0.1) is 0 Å². The molecule has 31 heavy (non-hydrogen) atoms. The lowest BCUT2D eigenvalue weighted by molar-refractivity contribution is -0.128. The third kappa shape index (κ3) is 6.27. The standard InChI is InChI=1S/C25H24O6/c1-17-3-5-18(6-4-17)13-14-30-23-11-9-20(16-24(23)29-2)31-25(28)12-8-19-7-10-21(26)22(27)15-19/h3-12,15-16,26-27H,13-14H2,1-2H3/b12-8+. The zero-order chi connectivity index (χ0) is 22.2. The molecule has 2 N–H and O–H groups in total. The van der Waals surface area contributed by atoms with Gasteiger partial charge < -0.3 is 24.4 Å².